The van der Waals surface area contributed by atoms with Crippen LogP contribution in [-0.4, -0.2) is 60.1 Å². The number of sulfone groups is 1. The van der Waals surface area contributed by atoms with Gasteiger partial charge in [0, 0.05) is 23.8 Å². The molecule has 0 radical (unpaired) electrons. The number of nitrogens with zero attached hydrogens (tertiary/aromatic N) is 5. The summed E-state index contributed by atoms with van der Waals surface area (Å²) in [7, 11) is -3.69. The highest BCUT2D eigenvalue weighted by Crippen LogP contribution is 2.34. The highest BCUT2D eigenvalue weighted by Gasteiger charge is 2.41. The summed E-state index contributed by atoms with van der Waals surface area (Å²) in [6.07, 6.45) is 1.25. The van der Waals surface area contributed by atoms with Crippen molar-refractivity contribution in [2.45, 2.75) is 11.2 Å². The van der Waals surface area contributed by atoms with Gasteiger partial charge in [-0.25, -0.2) is 13.4 Å². The van der Waals surface area contributed by atoms with Crippen LogP contribution >= 0.6 is 11.6 Å². The first-order chi connectivity index (χ1) is 16.3. The van der Waals surface area contributed by atoms with Crippen LogP contribution in [-0.2, 0) is 14.6 Å². The van der Waals surface area contributed by atoms with E-state index >= 15 is 0 Å². The second-order valence-corrected chi connectivity index (χ2v) is 10.4. The summed E-state index contributed by atoms with van der Waals surface area (Å²) in [4.78, 5) is 33.2. The molecule has 5 rings (SSSR count). The Kier molecular flexibility index (Phi) is 5.38. The molecule has 3 aromatic rings. The van der Waals surface area contributed by atoms with Crippen LogP contribution < -0.4 is 4.90 Å². The summed E-state index contributed by atoms with van der Waals surface area (Å²) in [5.41, 5.74) is 1.86. The van der Waals surface area contributed by atoms with Crippen LogP contribution in [0, 0.1) is 11.3 Å². The fraction of sp³-hybridized carbons (Fsp3) is 0.217. The molecule has 0 aliphatic carbocycles. The molecule has 1 saturated heterocycles. The number of amides is 2. The van der Waals surface area contributed by atoms with E-state index in [0.29, 0.717) is 21.8 Å². The largest absolute Gasteiger partial charge is 0.326 e. The number of carbonyl (C=O) groups is 2. The Bertz CT molecular complexity index is 1460. The first kappa shape index (κ1) is 22.1. The second-order valence-electron chi connectivity index (χ2n) is 8.08. The number of nitriles is 1. The standard InChI is InChI=1S/C23H18ClN5O4S/c24-17-2-1-3-18(10-17)28-9-8-27(13-21(28)30)22(31)19-12-26-23-29(19)20(14-34(23,32)33)16-6-4-15(11-25)5-7-16/h1-7,10,12,20H,8-9,13-14H2/t20-/m1/s1. The molecule has 2 aliphatic heterocycles. The predicted molar refractivity (Wildman–Crippen MR) is 123 cm³/mol. The quantitative estimate of drug-likeness (QED) is 0.550. The molecule has 3 heterocycles. The van der Waals surface area contributed by atoms with Gasteiger partial charge in [-0.05, 0) is 35.9 Å². The van der Waals surface area contributed by atoms with Crippen molar-refractivity contribution in [1.29, 1.82) is 5.26 Å². The summed E-state index contributed by atoms with van der Waals surface area (Å²) in [5, 5.41) is 9.38. The van der Waals surface area contributed by atoms with Gasteiger partial charge in [-0.3, -0.25) is 9.59 Å². The molecule has 2 aromatic carbocycles. The number of halogens is 1. The molecule has 34 heavy (non-hydrogen) atoms. The smallest absolute Gasteiger partial charge is 0.272 e. The zero-order valence-corrected chi connectivity index (χ0v) is 19.3. The lowest BCUT2D eigenvalue weighted by Crippen LogP contribution is -2.52. The van der Waals surface area contributed by atoms with Gasteiger partial charge >= 0.3 is 0 Å². The van der Waals surface area contributed by atoms with Gasteiger partial charge in [0.05, 0.1) is 29.6 Å². The summed E-state index contributed by atoms with van der Waals surface area (Å²) < 4.78 is 26.9. The van der Waals surface area contributed by atoms with Crippen molar-refractivity contribution in [3.05, 3.63) is 76.6 Å². The predicted octanol–water partition coefficient (Wildman–Crippen LogP) is 2.27. The van der Waals surface area contributed by atoms with Crippen molar-refractivity contribution >= 4 is 38.9 Å². The highest BCUT2D eigenvalue weighted by atomic mass is 35.5. The number of rotatable bonds is 3. The Morgan fingerprint density at radius 1 is 1.15 bits per heavy atom. The SMILES string of the molecule is N#Cc1ccc([C@H]2CS(=O)(=O)c3ncc(C(=O)N4CCN(c5cccc(Cl)c5)C(=O)C4)n32)cc1. The summed E-state index contributed by atoms with van der Waals surface area (Å²) in [6, 6.07) is 14.9. The van der Waals surface area contributed by atoms with Gasteiger partial charge in [-0.2, -0.15) is 5.26 Å². The van der Waals surface area contributed by atoms with Gasteiger partial charge < -0.3 is 14.4 Å². The minimum Gasteiger partial charge on any atom is -0.326 e. The number of fused-ring (bicyclic) bond motifs is 1. The minimum atomic E-state index is -3.69. The van der Waals surface area contributed by atoms with E-state index in [-0.39, 0.29) is 42.1 Å². The third-order valence-corrected chi connectivity index (χ3v) is 7.85. The maximum absolute atomic E-state index is 13.4. The Morgan fingerprint density at radius 3 is 2.59 bits per heavy atom. The van der Waals surface area contributed by atoms with Gasteiger partial charge in [-0.15, -0.1) is 0 Å². The number of aromatic nitrogens is 2. The van der Waals surface area contributed by atoms with E-state index in [1.165, 1.54) is 15.7 Å². The number of anilines is 1. The Morgan fingerprint density at radius 2 is 1.91 bits per heavy atom. The van der Waals surface area contributed by atoms with E-state index in [4.69, 9.17) is 16.9 Å². The van der Waals surface area contributed by atoms with E-state index in [0.717, 1.165) is 0 Å². The lowest BCUT2D eigenvalue weighted by Gasteiger charge is -2.34. The van der Waals surface area contributed by atoms with Crippen molar-refractivity contribution < 1.29 is 18.0 Å². The fourth-order valence-corrected chi connectivity index (χ4v) is 6.17. The van der Waals surface area contributed by atoms with Crippen LogP contribution in [0.25, 0.3) is 0 Å². The molecule has 172 valence electrons. The summed E-state index contributed by atoms with van der Waals surface area (Å²) in [6.45, 7) is 0.398. The molecule has 0 N–H and O–H groups in total. The maximum atomic E-state index is 13.4. The van der Waals surface area contributed by atoms with E-state index in [1.807, 2.05) is 6.07 Å². The topological polar surface area (TPSA) is 116 Å². The van der Waals surface area contributed by atoms with Crippen molar-refractivity contribution in [3.63, 3.8) is 0 Å². The number of piperazine rings is 1. The molecule has 0 spiro atoms. The second kappa shape index (κ2) is 8.27. The molecular weight excluding hydrogens is 478 g/mol. The minimum absolute atomic E-state index is 0.106. The van der Waals surface area contributed by atoms with Crippen LogP contribution in [0.1, 0.15) is 27.7 Å². The summed E-state index contributed by atoms with van der Waals surface area (Å²) >= 11 is 6.04. The highest BCUT2D eigenvalue weighted by molar-refractivity contribution is 7.91. The van der Waals surface area contributed by atoms with Crippen LogP contribution in [0.5, 0.6) is 0 Å². The van der Waals surface area contributed by atoms with E-state index < -0.39 is 21.8 Å². The van der Waals surface area contributed by atoms with Crippen LogP contribution in [0.4, 0.5) is 5.69 Å². The Hall–Kier alpha value is -3.68. The average Bonchev–Trinajstić information content (AvgIpc) is 3.38. The number of benzene rings is 2. The third kappa shape index (κ3) is 3.73. The first-order valence-corrected chi connectivity index (χ1v) is 12.5. The molecule has 0 unspecified atom stereocenters. The molecular formula is C23H18ClN5O4S. The first-order valence-electron chi connectivity index (χ1n) is 10.4. The number of hydrogen-bond acceptors (Lipinski definition) is 6. The number of imidazole rings is 1. The molecule has 0 saturated carbocycles. The van der Waals surface area contributed by atoms with Gasteiger partial charge in [0.15, 0.2) is 0 Å². The summed E-state index contributed by atoms with van der Waals surface area (Å²) in [5.74, 6) is -0.961. The maximum Gasteiger partial charge on any atom is 0.272 e. The van der Waals surface area contributed by atoms with Gasteiger partial charge in [0.2, 0.25) is 20.9 Å². The average molecular weight is 496 g/mol. The van der Waals surface area contributed by atoms with Gasteiger partial charge in [0.1, 0.15) is 12.2 Å². The number of carbonyl (C=O) groups excluding carboxylic acids is 2. The third-order valence-electron chi connectivity index (χ3n) is 6.00. The lowest BCUT2D eigenvalue weighted by atomic mass is 10.1. The van der Waals surface area contributed by atoms with Crippen molar-refractivity contribution in [2.24, 2.45) is 0 Å². The molecule has 2 aliphatic rings. The molecule has 1 aromatic heterocycles. The zero-order valence-electron chi connectivity index (χ0n) is 17.8. The van der Waals surface area contributed by atoms with Gasteiger partial charge in [0.25, 0.3) is 5.91 Å². The molecule has 1 fully saturated rings. The number of hydrogen-bond donors (Lipinski definition) is 0. The fourth-order valence-electron chi connectivity index (χ4n) is 4.34. The monoisotopic (exact) mass is 495 g/mol. The Labute approximate surface area is 200 Å². The van der Waals surface area contributed by atoms with Crippen LogP contribution in [0.15, 0.2) is 59.9 Å². The van der Waals surface area contributed by atoms with Crippen molar-refractivity contribution in [3.8, 4) is 6.07 Å². The van der Waals surface area contributed by atoms with Crippen molar-refractivity contribution in [1.82, 2.24) is 14.5 Å². The Balaban J connectivity index is 1.43. The molecule has 1 atom stereocenters. The molecule has 9 nitrogen and oxygen atoms in total. The lowest BCUT2D eigenvalue weighted by molar-refractivity contribution is -0.120. The van der Waals surface area contributed by atoms with Crippen LogP contribution in [0.2, 0.25) is 5.02 Å². The van der Waals surface area contributed by atoms with Crippen molar-refractivity contribution in [2.75, 3.05) is 30.3 Å². The van der Waals surface area contributed by atoms with E-state index in [1.54, 1.807) is 53.4 Å². The van der Waals surface area contributed by atoms with Gasteiger partial charge in [-0.1, -0.05) is 29.8 Å². The normalized spacial score (nSPS) is 19.1. The van der Waals surface area contributed by atoms with E-state index in [9.17, 15) is 18.0 Å². The zero-order chi connectivity index (χ0) is 24.0. The van der Waals surface area contributed by atoms with Crippen LogP contribution in [0.3, 0.4) is 0 Å². The molecule has 0 bridgehead atoms. The molecule has 11 heteroatoms. The van der Waals surface area contributed by atoms with E-state index in [2.05, 4.69) is 4.98 Å². The molecule has 2 amide bonds.